The van der Waals surface area contributed by atoms with Crippen LogP contribution in [-0.2, 0) is 4.74 Å². The van der Waals surface area contributed by atoms with Crippen molar-refractivity contribution in [1.29, 1.82) is 0 Å². The molecular weight excluding hydrogens is 948 g/mol. The van der Waals surface area contributed by atoms with Crippen molar-refractivity contribution in [3.63, 3.8) is 0 Å². The molecule has 380 valence electrons. The molecule has 2 heterocycles. The Morgan fingerprint density at radius 1 is 0.507 bits per heavy atom. The number of carboxylic acid groups (broad SMARTS) is 1. The molecule has 2 aromatic heterocycles. The number of hydrogen-bond donors (Lipinski definition) is 5. The molecule has 6 aromatic rings. The van der Waals surface area contributed by atoms with Crippen molar-refractivity contribution in [1.82, 2.24) is 9.97 Å². The molecule has 23 nitrogen and oxygen atoms in total. The van der Waals surface area contributed by atoms with Crippen molar-refractivity contribution in [3.8, 4) is 91.5 Å². The van der Waals surface area contributed by atoms with Crippen LogP contribution in [0.5, 0.6) is 69.0 Å². The molecule has 24 heteroatoms. The number of nitrogens with zero attached hydrogens (tertiary/aromatic N) is 1. The molecule has 6 N–H and O–H groups in total. The minimum absolute atomic E-state index is 0. The van der Waals surface area contributed by atoms with E-state index < -0.39 is 28.4 Å². The number of ether oxygens (including phenoxy) is 13. The average Bonchev–Trinajstić information content (AvgIpc) is 3.36. The number of aromatic amines is 2. The first-order valence-electron chi connectivity index (χ1n) is 20.0. The fourth-order valence-corrected chi connectivity index (χ4v) is 7.32. The molecular formula is C47H57N4NaO19. The third kappa shape index (κ3) is 11.8. The second-order valence-electron chi connectivity index (χ2n) is 13.5. The van der Waals surface area contributed by atoms with Crippen molar-refractivity contribution in [2.24, 2.45) is 5.84 Å². The standard InChI is InChI=1S/C24H27NO9.C22H23NO9.CH4.H3N2O.Na/c1-8-34-24(27)18-19(12-9-14(28-2)21(31-5)15(10-12)29-3)25-13-11-16(30-4)22(32-6)23(33-7)17(13)20(18)26;1-27-12-7-10(8-13(28-2)19(12)30-4)17-16(22(25)26)18(24)15-11(23-17)9-14(29-3)20(31-5)21(15)32-6;;1-2-3;/h9-11H,8H2,1-7H3,(H,25,26);7-9H,1-6H3,(H,23,24)(H,25,26);1H4;3H,1H2;/q;;;-1;+1. The van der Waals surface area contributed by atoms with Crippen LogP contribution in [0.25, 0.3) is 49.9 Å². The Labute approximate surface area is 430 Å². The average molecular weight is 1000 g/mol. The number of rotatable bonds is 17. The van der Waals surface area contributed by atoms with Crippen molar-refractivity contribution < 1.29 is 111 Å². The van der Waals surface area contributed by atoms with E-state index in [2.05, 4.69) is 15.8 Å². The summed E-state index contributed by atoms with van der Waals surface area (Å²) >= 11 is 0. The van der Waals surface area contributed by atoms with E-state index in [4.69, 9.17) is 66.8 Å². The van der Waals surface area contributed by atoms with Gasteiger partial charge in [0.2, 0.25) is 33.9 Å². The van der Waals surface area contributed by atoms with Crippen LogP contribution in [0.3, 0.4) is 0 Å². The predicted octanol–water partition coefficient (Wildman–Crippen LogP) is 3.63. The van der Waals surface area contributed by atoms with Gasteiger partial charge in [0.25, 0.3) is 0 Å². The summed E-state index contributed by atoms with van der Waals surface area (Å²) in [6, 6.07) is 9.46. The Bertz CT molecular complexity index is 2910. The number of hydrogen-bond acceptors (Lipinski definition) is 19. The molecule has 0 bridgehead atoms. The minimum Gasteiger partial charge on any atom is -0.493 e. The number of nitrogens with one attached hydrogen (secondary N) is 2. The van der Waals surface area contributed by atoms with Gasteiger partial charge in [-0.1, -0.05) is 7.43 Å². The van der Waals surface area contributed by atoms with Crippen molar-refractivity contribution in [3.05, 3.63) is 73.6 Å². The molecule has 0 radical (unpaired) electrons. The van der Waals surface area contributed by atoms with Gasteiger partial charge in [0, 0.05) is 23.3 Å². The van der Waals surface area contributed by atoms with Crippen molar-refractivity contribution >= 4 is 33.7 Å². The molecule has 0 aliphatic heterocycles. The van der Waals surface area contributed by atoms with Crippen LogP contribution in [0.4, 0.5) is 0 Å². The smallest absolute Gasteiger partial charge is 0.493 e. The molecule has 6 rings (SSSR count). The molecule has 0 saturated carbocycles. The number of benzene rings is 4. The van der Waals surface area contributed by atoms with E-state index in [9.17, 15) is 24.3 Å². The Morgan fingerprint density at radius 3 is 1.06 bits per heavy atom. The summed E-state index contributed by atoms with van der Waals surface area (Å²) in [5.41, 5.74) is 1.60. The van der Waals surface area contributed by atoms with Crippen LogP contribution < -0.4 is 103 Å². The molecule has 0 aliphatic rings. The summed E-state index contributed by atoms with van der Waals surface area (Å²) < 4.78 is 69.9. The van der Waals surface area contributed by atoms with E-state index >= 15 is 0 Å². The second kappa shape index (κ2) is 27.2. The number of H-pyrrole nitrogens is 2. The molecule has 0 fully saturated rings. The zero-order chi connectivity index (χ0) is 51.3. The van der Waals surface area contributed by atoms with Crippen LogP contribution in [-0.4, -0.2) is 124 Å². The maximum absolute atomic E-state index is 13.7. The summed E-state index contributed by atoms with van der Waals surface area (Å²) in [5.74, 6) is 4.98. The largest absolute Gasteiger partial charge is 1.00 e. The van der Waals surface area contributed by atoms with E-state index in [-0.39, 0.29) is 94.3 Å². The number of carboxylic acids is 1. The summed E-state index contributed by atoms with van der Waals surface area (Å²) in [6.07, 6.45) is 0. The SMILES string of the molecule is C.CCOC(=O)c1c(-c2cc(OC)c(OC)c(OC)c2)[nH]c2cc(OC)c(OC)c(OC)c2c1=O.COc1cc(-c2[nH]c3cc(OC)c(OC)c(OC)c3c(=O)c2C(=O)O)cc(OC)c1OC.N[N-]O.[Na+]. The minimum atomic E-state index is -1.42. The topological polar surface area (TPSA) is 300 Å². The summed E-state index contributed by atoms with van der Waals surface area (Å²) in [7, 11) is 17.2. The van der Waals surface area contributed by atoms with Gasteiger partial charge in [-0.3, -0.25) is 9.59 Å². The number of aromatic carboxylic acids is 1. The Hall–Kier alpha value is -7.28. The van der Waals surface area contributed by atoms with Gasteiger partial charge in [-0.2, -0.15) is 0 Å². The summed E-state index contributed by atoms with van der Waals surface area (Å²) in [6.45, 7) is 1.73. The molecule has 0 saturated heterocycles. The van der Waals surface area contributed by atoms with E-state index in [0.717, 1.165) is 0 Å². The molecule has 0 spiro atoms. The monoisotopic (exact) mass is 1000 g/mol. The molecule has 0 unspecified atom stereocenters. The van der Waals surface area contributed by atoms with E-state index in [1.165, 1.54) is 91.4 Å². The zero-order valence-electron chi connectivity index (χ0n) is 41.0. The Balaban J connectivity index is 0.000000450. The Kier molecular flexibility index (Phi) is 22.9. The number of carbonyl (C=O) groups is 2. The van der Waals surface area contributed by atoms with Gasteiger partial charge in [0.15, 0.2) is 46.0 Å². The number of esters is 1. The first kappa shape index (κ1) is 59.8. The maximum Gasteiger partial charge on any atom is 1.00 e. The first-order chi connectivity index (χ1) is 33.2. The van der Waals surface area contributed by atoms with Crippen LogP contribution in [0.2, 0.25) is 0 Å². The van der Waals surface area contributed by atoms with Gasteiger partial charge in [0.05, 0.1) is 125 Å². The molecule has 0 amide bonds. The summed E-state index contributed by atoms with van der Waals surface area (Å²) in [5, 5.41) is 17.0. The van der Waals surface area contributed by atoms with Gasteiger partial charge in [0.1, 0.15) is 11.1 Å². The van der Waals surface area contributed by atoms with Gasteiger partial charge in [-0.05, 0) is 31.2 Å². The molecule has 4 aromatic carbocycles. The number of pyridine rings is 2. The van der Waals surface area contributed by atoms with E-state index in [1.807, 2.05) is 5.59 Å². The van der Waals surface area contributed by atoms with Gasteiger partial charge >= 0.3 is 41.5 Å². The van der Waals surface area contributed by atoms with E-state index in [1.54, 1.807) is 37.3 Å². The third-order valence-corrected chi connectivity index (χ3v) is 10.2. The van der Waals surface area contributed by atoms with Gasteiger partial charge in [-0.15, -0.1) is 0 Å². The Morgan fingerprint density at radius 2 is 0.789 bits per heavy atom. The van der Waals surface area contributed by atoms with Crippen LogP contribution in [0.1, 0.15) is 35.1 Å². The second-order valence-corrected chi connectivity index (χ2v) is 13.5. The number of carbonyl (C=O) groups excluding carboxylic acids is 1. The number of aromatic nitrogens is 2. The van der Waals surface area contributed by atoms with Crippen molar-refractivity contribution in [2.75, 3.05) is 91.9 Å². The third-order valence-electron chi connectivity index (χ3n) is 10.2. The van der Waals surface area contributed by atoms with Crippen LogP contribution in [0, 0.1) is 0 Å². The fourth-order valence-electron chi connectivity index (χ4n) is 7.32. The predicted molar refractivity (Wildman–Crippen MR) is 258 cm³/mol. The quantitative estimate of drug-likeness (QED) is 0.0377. The normalized spacial score (nSPS) is 10.1. The molecule has 0 aliphatic carbocycles. The summed E-state index contributed by atoms with van der Waals surface area (Å²) in [4.78, 5) is 58.5. The van der Waals surface area contributed by atoms with Gasteiger partial charge in [-0.25, -0.2) is 9.59 Å². The fraction of sp³-hybridized carbons (Fsp3) is 0.319. The zero-order valence-corrected chi connectivity index (χ0v) is 43.0. The van der Waals surface area contributed by atoms with Crippen molar-refractivity contribution in [2.45, 2.75) is 14.4 Å². The van der Waals surface area contributed by atoms with Gasteiger partial charge < -0.3 is 93.3 Å². The number of methoxy groups -OCH3 is 12. The molecule has 0 atom stereocenters. The number of fused-ring (bicyclic) bond motifs is 2. The van der Waals surface area contributed by atoms with E-state index in [0.29, 0.717) is 68.2 Å². The van der Waals surface area contributed by atoms with Crippen LogP contribution in [0.15, 0.2) is 46.0 Å². The molecule has 71 heavy (non-hydrogen) atoms. The number of nitrogens with two attached hydrogens (primary N) is 1. The first-order valence-corrected chi connectivity index (χ1v) is 20.0. The maximum atomic E-state index is 13.7. The van der Waals surface area contributed by atoms with Crippen LogP contribution >= 0.6 is 0 Å².